The summed E-state index contributed by atoms with van der Waals surface area (Å²) in [6.45, 7) is 1.51. The van der Waals surface area contributed by atoms with Gasteiger partial charge in [0.25, 0.3) is 0 Å². The number of ketones is 1. The van der Waals surface area contributed by atoms with E-state index in [1.807, 2.05) is 6.07 Å². The Morgan fingerprint density at radius 1 is 1.46 bits per heavy atom. The number of rotatable bonds is 2. The molecule has 0 saturated heterocycles. The van der Waals surface area contributed by atoms with E-state index in [4.69, 9.17) is 11.6 Å². The van der Waals surface area contributed by atoms with E-state index in [1.54, 1.807) is 18.2 Å². The van der Waals surface area contributed by atoms with Gasteiger partial charge in [-0.05, 0) is 36.8 Å². The summed E-state index contributed by atoms with van der Waals surface area (Å²) in [4.78, 5) is 10.7. The topological polar surface area (TPSA) is 17.1 Å². The first-order valence-electron chi connectivity index (χ1n) is 3.72. The van der Waals surface area contributed by atoms with Crippen molar-refractivity contribution in [2.45, 2.75) is 6.92 Å². The molecule has 0 amide bonds. The lowest BCUT2D eigenvalue weighted by Gasteiger charge is -1.96. The Kier molecular flexibility index (Phi) is 3.70. The Bertz CT molecular complexity index is 338. The minimum Gasteiger partial charge on any atom is -0.295 e. The molecule has 0 spiro atoms. The van der Waals surface area contributed by atoms with E-state index < -0.39 is 0 Å². The largest absolute Gasteiger partial charge is 0.295 e. The Morgan fingerprint density at radius 2 is 2.15 bits per heavy atom. The first-order chi connectivity index (χ1) is 6.08. The first kappa shape index (κ1) is 10.5. The van der Waals surface area contributed by atoms with Crippen molar-refractivity contribution in [1.82, 2.24) is 0 Å². The zero-order valence-corrected chi connectivity index (χ0v) is 9.39. The van der Waals surface area contributed by atoms with Crippen LogP contribution in [0.25, 0.3) is 6.08 Å². The maximum atomic E-state index is 10.7. The summed E-state index contributed by atoms with van der Waals surface area (Å²) in [5.41, 5.74) is 0.912. The zero-order chi connectivity index (χ0) is 9.84. The molecule has 0 radical (unpaired) electrons. The van der Waals surface area contributed by atoms with Crippen molar-refractivity contribution in [3.8, 4) is 0 Å². The van der Waals surface area contributed by atoms with Crippen molar-refractivity contribution in [3.05, 3.63) is 39.3 Å². The Balaban J connectivity index is 2.95. The van der Waals surface area contributed by atoms with Gasteiger partial charge in [-0.1, -0.05) is 33.6 Å². The maximum absolute atomic E-state index is 10.7. The summed E-state index contributed by atoms with van der Waals surface area (Å²) in [5.74, 6) is 0.0242. The van der Waals surface area contributed by atoms with Gasteiger partial charge in [0, 0.05) is 9.50 Å². The van der Waals surface area contributed by atoms with Gasteiger partial charge < -0.3 is 0 Å². The van der Waals surface area contributed by atoms with Crippen molar-refractivity contribution >= 4 is 39.4 Å². The SMILES string of the molecule is CC(=O)/C=C/c1cc(Cl)cc(Br)c1. The molecule has 0 heterocycles. The van der Waals surface area contributed by atoms with Gasteiger partial charge in [0.1, 0.15) is 0 Å². The second-order valence-corrected chi connectivity index (χ2v) is 4.00. The van der Waals surface area contributed by atoms with Gasteiger partial charge in [0.2, 0.25) is 0 Å². The quantitative estimate of drug-likeness (QED) is 0.740. The zero-order valence-electron chi connectivity index (χ0n) is 7.05. The summed E-state index contributed by atoms with van der Waals surface area (Å²) in [5, 5.41) is 0.651. The standard InChI is InChI=1S/C10H8BrClO/c1-7(13)2-3-8-4-9(11)6-10(12)5-8/h2-6H,1H3/b3-2+. The fourth-order valence-electron chi connectivity index (χ4n) is 0.885. The molecule has 0 unspecified atom stereocenters. The van der Waals surface area contributed by atoms with Crippen LogP contribution in [-0.2, 0) is 4.79 Å². The lowest BCUT2D eigenvalue weighted by atomic mass is 10.2. The van der Waals surface area contributed by atoms with Crippen LogP contribution in [0.15, 0.2) is 28.7 Å². The summed E-state index contributed by atoms with van der Waals surface area (Å²) in [6, 6.07) is 5.49. The van der Waals surface area contributed by atoms with Crippen LogP contribution in [0.1, 0.15) is 12.5 Å². The van der Waals surface area contributed by atoms with Gasteiger partial charge in [0.15, 0.2) is 5.78 Å². The molecule has 1 rings (SSSR count). The molecule has 0 fully saturated rings. The van der Waals surface area contributed by atoms with E-state index in [2.05, 4.69) is 15.9 Å². The molecule has 0 bridgehead atoms. The highest BCUT2D eigenvalue weighted by atomic mass is 79.9. The van der Waals surface area contributed by atoms with Crippen molar-refractivity contribution in [2.24, 2.45) is 0 Å². The van der Waals surface area contributed by atoms with Gasteiger partial charge in [-0.15, -0.1) is 0 Å². The molecule has 0 N–H and O–H groups in total. The van der Waals surface area contributed by atoms with Crippen molar-refractivity contribution < 1.29 is 4.79 Å². The number of hydrogen-bond acceptors (Lipinski definition) is 1. The fraction of sp³-hybridized carbons (Fsp3) is 0.100. The molecule has 1 aromatic carbocycles. The van der Waals surface area contributed by atoms with Gasteiger partial charge in [0.05, 0.1) is 0 Å². The molecule has 0 atom stereocenters. The van der Waals surface area contributed by atoms with Crippen LogP contribution >= 0.6 is 27.5 Å². The predicted octanol–water partition coefficient (Wildman–Crippen LogP) is 3.70. The van der Waals surface area contributed by atoms with Crippen molar-refractivity contribution in [1.29, 1.82) is 0 Å². The van der Waals surface area contributed by atoms with Gasteiger partial charge >= 0.3 is 0 Å². The number of hydrogen-bond donors (Lipinski definition) is 0. The summed E-state index contributed by atoms with van der Waals surface area (Å²) >= 11 is 9.13. The first-order valence-corrected chi connectivity index (χ1v) is 4.90. The number of allylic oxidation sites excluding steroid dienone is 1. The van der Waals surface area contributed by atoms with Crippen LogP contribution in [-0.4, -0.2) is 5.78 Å². The number of benzene rings is 1. The van der Waals surface area contributed by atoms with Crippen LogP contribution in [0.5, 0.6) is 0 Å². The predicted molar refractivity (Wildman–Crippen MR) is 58.9 cm³/mol. The number of carbonyl (C=O) groups excluding carboxylic acids is 1. The van der Waals surface area contributed by atoms with Crippen LogP contribution in [0.2, 0.25) is 5.02 Å². The molecule has 3 heteroatoms. The molecule has 1 aromatic rings. The average molecular weight is 260 g/mol. The minimum absolute atomic E-state index is 0.0242. The molecule has 0 aliphatic carbocycles. The Morgan fingerprint density at radius 3 is 2.69 bits per heavy atom. The fourth-order valence-corrected chi connectivity index (χ4v) is 1.77. The van der Waals surface area contributed by atoms with Crippen molar-refractivity contribution in [2.75, 3.05) is 0 Å². The third-order valence-corrected chi connectivity index (χ3v) is 2.07. The maximum Gasteiger partial charge on any atom is 0.152 e. The lowest BCUT2D eigenvalue weighted by Crippen LogP contribution is -1.80. The van der Waals surface area contributed by atoms with E-state index in [9.17, 15) is 4.79 Å². The van der Waals surface area contributed by atoms with Gasteiger partial charge in [-0.25, -0.2) is 0 Å². The van der Waals surface area contributed by atoms with Gasteiger partial charge in [-0.3, -0.25) is 4.79 Å². The minimum atomic E-state index is 0.0242. The van der Waals surface area contributed by atoms with Crippen LogP contribution in [0, 0.1) is 0 Å². The molecular formula is C10H8BrClO. The molecule has 13 heavy (non-hydrogen) atoms. The third-order valence-electron chi connectivity index (χ3n) is 1.40. The molecular weight excluding hydrogens is 251 g/mol. The lowest BCUT2D eigenvalue weighted by molar-refractivity contribution is -0.112. The third kappa shape index (κ3) is 3.75. The smallest absolute Gasteiger partial charge is 0.152 e. The van der Waals surface area contributed by atoms with Crippen LogP contribution < -0.4 is 0 Å². The second kappa shape index (κ2) is 4.58. The van der Waals surface area contributed by atoms with Crippen LogP contribution in [0.3, 0.4) is 0 Å². The summed E-state index contributed by atoms with van der Waals surface area (Å²) in [6.07, 6.45) is 3.25. The molecule has 68 valence electrons. The highest BCUT2D eigenvalue weighted by Crippen LogP contribution is 2.20. The van der Waals surface area contributed by atoms with E-state index in [0.29, 0.717) is 5.02 Å². The molecule has 0 aromatic heterocycles. The molecule has 0 saturated carbocycles. The van der Waals surface area contributed by atoms with E-state index in [-0.39, 0.29) is 5.78 Å². The highest BCUT2D eigenvalue weighted by molar-refractivity contribution is 9.10. The molecule has 0 aliphatic rings. The number of halogens is 2. The Hall–Kier alpha value is -0.600. The van der Waals surface area contributed by atoms with E-state index >= 15 is 0 Å². The van der Waals surface area contributed by atoms with E-state index in [0.717, 1.165) is 10.0 Å². The average Bonchev–Trinajstić information content (AvgIpc) is 1.99. The normalized spacial score (nSPS) is 10.7. The van der Waals surface area contributed by atoms with E-state index in [1.165, 1.54) is 13.0 Å². The highest BCUT2D eigenvalue weighted by Gasteiger charge is 1.94. The second-order valence-electron chi connectivity index (χ2n) is 2.65. The monoisotopic (exact) mass is 258 g/mol. The molecule has 1 nitrogen and oxygen atoms in total. The summed E-state index contributed by atoms with van der Waals surface area (Å²) in [7, 11) is 0. The number of carbonyl (C=O) groups is 1. The van der Waals surface area contributed by atoms with Crippen LogP contribution in [0.4, 0.5) is 0 Å². The Labute approximate surface area is 90.5 Å². The summed E-state index contributed by atoms with van der Waals surface area (Å²) < 4.78 is 0.906. The van der Waals surface area contributed by atoms with Gasteiger partial charge in [-0.2, -0.15) is 0 Å². The molecule has 0 aliphatic heterocycles. The van der Waals surface area contributed by atoms with Crippen molar-refractivity contribution in [3.63, 3.8) is 0 Å².